The van der Waals surface area contributed by atoms with Crippen molar-refractivity contribution >= 4 is 0 Å². The van der Waals surface area contributed by atoms with Gasteiger partial charge < -0.3 is 10.2 Å². The van der Waals surface area contributed by atoms with Crippen LogP contribution in [0, 0.1) is 11.8 Å². The maximum absolute atomic E-state index is 3.56. The molecular weight excluding hydrogens is 184 g/mol. The van der Waals surface area contributed by atoms with Gasteiger partial charge in [0.2, 0.25) is 0 Å². The summed E-state index contributed by atoms with van der Waals surface area (Å²) < 4.78 is 0. The highest BCUT2D eigenvalue weighted by Gasteiger charge is 2.25. The predicted octanol–water partition coefficient (Wildman–Crippen LogP) is 2.35. The van der Waals surface area contributed by atoms with E-state index in [2.05, 4.69) is 37.9 Å². The maximum atomic E-state index is 3.56. The highest BCUT2D eigenvalue weighted by Crippen LogP contribution is 2.23. The topological polar surface area (TPSA) is 15.3 Å². The Morgan fingerprint density at radius 1 is 1.33 bits per heavy atom. The van der Waals surface area contributed by atoms with Crippen molar-refractivity contribution < 1.29 is 0 Å². The van der Waals surface area contributed by atoms with Crippen molar-refractivity contribution in [1.29, 1.82) is 0 Å². The lowest BCUT2D eigenvalue weighted by Gasteiger charge is -2.22. The van der Waals surface area contributed by atoms with E-state index >= 15 is 0 Å². The molecule has 0 saturated carbocycles. The molecule has 1 aliphatic heterocycles. The van der Waals surface area contributed by atoms with Gasteiger partial charge in [-0.05, 0) is 44.7 Å². The first kappa shape index (κ1) is 13.0. The fraction of sp³-hybridized carbons (Fsp3) is 1.00. The summed E-state index contributed by atoms with van der Waals surface area (Å²) in [4.78, 5) is 2.62. The molecule has 1 fully saturated rings. The zero-order valence-corrected chi connectivity index (χ0v) is 10.9. The van der Waals surface area contributed by atoms with Gasteiger partial charge in [0.15, 0.2) is 0 Å². The second-order valence-corrected chi connectivity index (χ2v) is 5.41. The van der Waals surface area contributed by atoms with Crippen molar-refractivity contribution in [2.45, 2.75) is 46.6 Å². The second kappa shape index (κ2) is 6.49. The molecule has 0 spiro atoms. The van der Waals surface area contributed by atoms with Gasteiger partial charge in [-0.3, -0.25) is 0 Å². The van der Waals surface area contributed by atoms with Gasteiger partial charge in [0.05, 0.1) is 0 Å². The Bertz CT molecular complexity index is 168. The van der Waals surface area contributed by atoms with E-state index < -0.39 is 0 Å². The van der Waals surface area contributed by atoms with Crippen molar-refractivity contribution in [1.82, 2.24) is 10.2 Å². The number of hydrogen-bond acceptors (Lipinski definition) is 2. The molecule has 1 saturated heterocycles. The fourth-order valence-electron chi connectivity index (χ4n) is 2.42. The van der Waals surface area contributed by atoms with Crippen molar-refractivity contribution in [2.24, 2.45) is 11.8 Å². The molecule has 15 heavy (non-hydrogen) atoms. The third-order valence-electron chi connectivity index (χ3n) is 3.53. The van der Waals surface area contributed by atoms with E-state index in [-0.39, 0.29) is 0 Å². The van der Waals surface area contributed by atoms with E-state index in [1.54, 1.807) is 0 Å². The first-order valence-corrected chi connectivity index (χ1v) is 6.59. The van der Waals surface area contributed by atoms with Gasteiger partial charge in [-0.25, -0.2) is 0 Å². The second-order valence-electron chi connectivity index (χ2n) is 5.41. The van der Waals surface area contributed by atoms with Crippen LogP contribution in [0.4, 0.5) is 0 Å². The lowest BCUT2D eigenvalue weighted by molar-refractivity contribution is 0.275. The highest BCUT2D eigenvalue weighted by molar-refractivity contribution is 4.79. The molecule has 2 unspecified atom stereocenters. The van der Waals surface area contributed by atoms with Crippen LogP contribution in [0.1, 0.15) is 40.5 Å². The summed E-state index contributed by atoms with van der Waals surface area (Å²) in [5, 5.41) is 3.56. The summed E-state index contributed by atoms with van der Waals surface area (Å²) in [6.07, 6.45) is 2.64. The van der Waals surface area contributed by atoms with E-state index in [1.165, 1.54) is 32.5 Å². The molecule has 1 heterocycles. The van der Waals surface area contributed by atoms with Crippen LogP contribution in [0.25, 0.3) is 0 Å². The van der Waals surface area contributed by atoms with Crippen LogP contribution < -0.4 is 5.32 Å². The average Bonchev–Trinajstić information content (AvgIpc) is 2.63. The average molecular weight is 212 g/mol. The Morgan fingerprint density at radius 2 is 2.07 bits per heavy atom. The Labute approximate surface area is 95.4 Å². The van der Waals surface area contributed by atoms with Crippen LogP contribution in [-0.2, 0) is 0 Å². The van der Waals surface area contributed by atoms with Gasteiger partial charge in [0.25, 0.3) is 0 Å². The van der Waals surface area contributed by atoms with E-state index in [0.29, 0.717) is 6.04 Å². The molecule has 0 aromatic heterocycles. The van der Waals surface area contributed by atoms with E-state index in [9.17, 15) is 0 Å². The molecule has 1 aliphatic rings. The van der Waals surface area contributed by atoms with Crippen LogP contribution in [0.2, 0.25) is 0 Å². The Kier molecular flexibility index (Phi) is 5.62. The molecule has 0 aromatic rings. The van der Waals surface area contributed by atoms with Gasteiger partial charge in [-0.2, -0.15) is 0 Å². The van der Waals surface area contributed by atoms with E-state index in [1.807, 2.05) is 0 Å². The number of nitrogens with zero attached hydrogens (tertiary/aromatic N) is 1. The molecule has 2 heteroatoms. The molecule has 0 amide bonds. The maximum Gasteiger partial charge on any atom is 0.0166 e. The third-order valence-corrected chi connectivity index (χ3v) is 3.53. The predicted molar refractivity (Wildman–Crippen MR) is 67.1 cm³/mol. The zero-order chi connectivity index (χ0) is 11.3. The van der Waals surface area contributed by atoms with Crippen molar-refractivity contribution in [3.8, 4) is 0 Å². The SMILES string of the molecule is CCCNC(C)CN1CCC(C(C)C)C1. The van der Waals surface area contributed by atoms with Crippen molar-refractivity contribution in [3.05, 3.63) is 0 Å². The normalized spacial score (nSPS) is 25.0. The van der Waals surface area contributed by atoms with Crippen LogP contribution in [0.15, 0.2) is 0 Å². The molecule has 90 valence electrons. The highest BCUT2D eigenvalue weighted by atomic mass is 15.2. The standard InChI is InChI=1S/C13H28N2/c1-5-7-14-12(4)9-15-8-6-13(10-15)11(2)3/h11-14H,5-10H2,1-4H3. The Hall–Kier alpha value is -0.0800. The van der Waals surface area contributed by atoms with E-state index in [4.69, 9.17) is 0 Å². The summed E-state index contributed by atoms with van der Waals surface area (Å²) in [5.74, 6) is 1.79. The summed E-state index contributed by atoms with van der Waals surface area (Å²) in [7, 11) is 0. The minimum Gasteiger partial charge on any atom is -0.313 e. The minimum absolute atomic E-state index is 0.649. The van der Waals surface area contributed by atoms with Gasteiger partial charge >= 0.3 is 0 Å². The van der Waals surface area contributed by atoms with Crippen LogP contribution in [0.3, 0.4) is 0 Å². The fourth-order valence-corrected chi connectivity index (χ4v) is 2.42. The molecule has 2 nitrogen and oxygen atoms in total. The molecule has 0 bridgehead atoms. The summed E-state index contributed by atoms with van der Waals surface area (Å²) in [6, 6.07) is 0.649. The lowest BCUT2D eigenvalue weighted by Crippen LogP contribution is -2.38. The molecule has 0 radical (unpaired) electrons. The Morgan fingerprint density at radius 3 is 2.60 bits per heavy atom. The summed E-state index contributed by atoms with van der Waals surface area (Å²) >= 11 is 0. The molecule has 1 N–H and O–H groups in total. The van der Waals surface area contributed by atoms with Gasteiger partial charge in [-0.1, -0.05) is 20.8 Å². The summed E-state index contributed by atoms with van der Waals surface area (Å²) in [6.45, 7) is 14.2. The minimum atomic E-state index is 0.649. The Balaban J connectivity index is 2.17. The zero-order valence-electron chi connectivity index (χ0n) is 10.9. The first-order valence-electron chi connectivity index (χ1n) is 6.59. The summed E-state index contributed by atoms with van der Waals surface area (Å²) in [5.41, 5.74) is 0. The number of likely N-dealkylation sites (tertiary alicyclic amines) is 1. The molecular formula is C13H28N2. The van der Waals surface area contributed by atoms with Gasteiger partial charge in [0, 0.05) is 19.1 Å². The number of rotatable bonds is 6. The van der Waals surface area contributed by atoms with E-state index in [0.717, 1.165) is 18.4 Å². The van der Waals surface area contributed by atoms with Crippen molar-refractivity contribution in [3.63, 3.8) is 0 Å². The molecule has 0 aromatic carbocycles. The van der Waals surface area contributed by atoms with Gasteiger partial charge in [0.1, 0.15) is 0 Å². The number of hydrogen-bond donors (Lipinski definition) is 1. The quantitative estimate of drug-likeness (QED) is 0.727. The number of nitrogens with one attached hydrogen (secondary N) is 1. The smallest absolute Gasteiger partial charge is 0.0166 e. The lowest BCUT2D eigenvalue weighted by atomic mass is 9.95. The van der Waals surface area contributed by atoms with Crippen LogP contribution in [-0.4, -0.2) is 37.1 Å². The molecule has 2 atom stereocenters. The molecule has 1 rings (SSSR count). The largest absolute Gasteiger partial charge is 0.313 e. The van der Waals surface area contributed by atoms with Crippen LogP contribution >= 0.6 is 0 Å². The first-order chi connectivity index (χ1) is 7.13. The monoisotopic (exact) mass is 212 g/mol. The molecule has 0 aliphatic carbocycles. The van der Waals surface area contributed by atoms with Crippen molar-refractivity contribution in [2.75, 3.05) is 26.2 Å². The van der Waals surface area contributed by atoms with Crippen LogP contribution in [0.5, 0.6) is 0 Å². The third kappa shape index (κ3) is 4.52. The van der Waals surface area contributed by atoms with Gasteiger partial charge in [-0.15, -0.1) is 0 Å².